The average molecular weight is 396 g/mol. The van der Waals surface area contributed by atoms with Gasteiger partial charge in [0, 0.05) is 38.9 Å². The summed E-state index contributed by atoms with van der Waals surface area (Å²) < 4.78 is 5.12. The average Bonchev–Trinajstić information content (AvgIpc) is 3.24. The van der Waals surface area contributed by atoms with Crippen LogP contribution in [0.4, 0.5) is 0 Å². The molecule has 1 aromatic carbocycles. The maximum atomic E-state index is 13.1. The van der Waals surface area contributed by atoms with Crippen LogP contribution in [0.2, 0.25) is 0 Å². The highest BCUT2D eigenvalue weighted by atomic mass is 16.5. The standard InChI is InChI=1S/C22H28N4O3/c1-16(17-6-4-3-5-7-17)21(28)25-12-9-22(10-13-25)20-18(23-15-24-20)8-11-26(22)19(27)14-29-2/h3-7,15-16H,8-14H2,1-2H3,(H,23,24). The number of imidazole rings is 1. The predicted octanol–water partition coefficient (Wildman–Crippen LogP) is 2.06. The molecule has 1 fully saturated rings. The van der Waals surface area contributed by atoms with Crippen LogP contribution < -0.4 is 0 Å². The van der Waals surface area contributed by atoms with Crippen molar-refractivity contribution in [3.8, 4) is 0 Å². The Bertz CT molecular complexity index is 871. The first kappa shape index (κ1) is 19.6. The van der Waals surface area contributed by atoms with Crippen LogP contribution in [0.25, 0.3) is 0 Å². The second-order valence-corrected chi connectivity index (χ2v) is 7.95. The van der Waals surface area contributed by atoms with E-state index < -0.39 is 5.54 Å². The maximum absolute atomic E-state index is 13.1. The number of carbonyl (C=O) groups is 2. The molecule has 0 saturated carbocycles. The molecule has 4 rings (SSSR count). The minimum absolute atomic E-state index is 0.0152. The minimum Gasteiger partial charge on any atom is -0.375 e. The van der Waals surface area contributed by atoms with Crippen molar-refractivity contribution >= 4 is 11.8 Å². The number of aromatic amines is 1. The summed E-state index contributed by atoms with van der Waals surface area (Å²) >= 11 is 0. The predicted molar refractivity (Wildman–Crippen MR) is 108 cm³/mol. The number of hydrogen-bond donors (Lipinski definition) is 1. The molecule has 1 unspecified atom stereocenters. The van der Waals surface area contributed by atoms with Gasteiger partial charge in [0.1, 0.15) is 6.61 Å². The van der Waals surface area contributed by atoms with E-state index in [4.69, 9.17) is 4.74 Å². The van der Waals surface area contributed by atoms with E-state index in [0.29, 0.717) is 32.5 Å². The molecule has 7 nitrogen and oxygen atoms in total. The second kappa shape index (κ2) is 7.99. The Morgan fingerprint density at radius 1 is 1.21 bits per heavy atom. The van der Waals surface area contributed by atoms with Gasteiger partial charge in [0.05, 0.1) is 23.5 Å². The van der Waals surface area contributed by atoms with Crippen molar-refractivity contribution in [2.24, 2.45) is 0 Å². The summed E-state index contributed by atoms with van der Waals surface area (Å²) in [5.74, 6) is -0.0544. The van der Waals surface area contributed by atoms with Gasteiger partial charge in [0.2, 0.25) is 11.8 Å². The molecule has 1 aromatic heterocycles. The molecule has 2 amide bonds. The summed E-state index contributed by atoms with van der Waals surface area (Å²) in [5, 5.41) is 0. The van der Waals surface area contributed by atoms with Crippen molar-refractivity contribution in [1.82, 2.24) is 19.8 Å². The molecule has 2 aromatic rings. The zero-order chi connectivity index (χ0) is 20.4. The minimum atomic E-state index is -0.462. The quantitative estimate of drug-likeness (QED) is 0.858. The van der Waals surface area contributed by atoms with Gasteiger partial charge in [-0.1, -0.05) is 30.3 Å². The normalized spacial score (nSPS) is 19.1. The number of ether oxygens (including phenoxy) is 1. The van der Waals surface area contributed by atoms with E-state index in [2.05, 4.69) is 9.97 Å². The largest absolute Gasteiger partial charge is 0.375 e. The van der Waals surface area contributed by atoms with Crippen molar-refractivity contribution in [3.63, 3.8) is 0 Å². The lowest BCUT2D eigenvalue weighted by Gasteiger charge is -2.50. The Morgan fingerprint density at radius 3 is 2.62 bits per heavy atom. The number of carbonyl (C=O) groups excluding carboxylic acids is 2. The molecule has 0 radical (unpaired) electrons. The van der Waals surface area contributed by atoms with Gasteiger partial charge in [0.15, 0.2) is 0 Å². The van der Waals surface area contributed by atoms with Crippen LogP contribution in [0.15, 0.2) is 36.7 Å². The Hall–Kier alpha value is -2.67. The van der Waals surface area contributed by atoms with Gasteiger partial charge < -0.3 is 19.5 Å². The summed E-state index contributed by atoms with van der Waals surface area (Å²) in [6, 6.07) is 9.88. The number of hydrogen-bond acceptors (Lipinski definition) is 4. The molecule has 0 aliphatic carbocycles. The highest BCUT2D eigenvalue weighted by molar-refractivity contribution is 5.83. The van der Waals surface area contributed by atoms with Crippen LogP contribution in [0.5, 0.6) is 0 Å². The van der Waals surface area contributed by atoms with Crippen LogP contribution in [0, 0.1) is 0 Å². The molecular formula is C22H28N4O3. The van der Waals surface area contributed by atoms with Crippen LogP contribution in [0.3, 0.4) is 0 Å². The first-order valence-corrected chi connectivity index (χ1v) is 10.2. The van der Waals surface area contributed by atoms with E-state index in [9.17, 15) is 9.59 Å². The summed E-state index contributed by atoms with van der Waals surface area (Å²) in [4.78, 5) is 37.6. The molecule has 2 aliphatic rings. The van der Waals surface area contributed by atoms with Crippen molar-refractivity contribution in [1.29, 1.82) is 0 Å². The van der Waals surface area contributed by atoms with Crippen LogP contribution in [-0.4, -0.2) is 64.9 Å². The van der Waals surface area contributed by atoms with E-state index in [-0.39, 0.29) is 24.3 Å². The van der Waals surface area contributed by atoms with Gasteiger partial charge in [-0.25, -0.2) is 4.98 Å². The van der Waals surface area contributed by atoms with E-state index in [0.717, 1.165) is 23.4 Å². The van der Waals surface area contributed by atoms with Gasteiger partial charge in [-0.15, -0.1) is 0 Å². The first-order chi connectivity index (χ1) is 14.1. The van der Waals surface area contributed by atoms with Gasteiger partial charge in [-0.3, -0.25) is 9.59 Å². The number of likely N-dealkylation sites (tertiary alicyclic amines) is 1. The highest BCUT2D eigenvalue weighted by Gasteiger charge is 2.49. The summed E-state index contributed by atoms with van der Waals surface area (Å²) in [5.41, 5.74) is 2.62. The number of aromatic nitrogens is 2. The van der Waals surface area contributed by atoms with Gasteiger partial charge in [-0.05, 0) is 25.3 Å². The lowest BCUT2D eigenvalue weighted by molar-refractivity contribution is -0.148. The number of amides is 2. The van der Waals surface area contributed by atoms with E-state index in [1.807, 2.05) is 47.1 Å². The molecule has 7 heteroatoms. The number of methoxy groups -OCH3 is 1. The number of benzene rings is 1. The number of nitrogens with zero attached hydrogens (tertiary/aromatic N) is 3. The van der Waals surface area contributed by atoms with Crippen molar-refractivity contribution in [2.45, 2.75) is 37.6 Å². The molecule has 0 bridgehead atoms. The Morgan fingerprint density at radius 2 is 1.93 bits per heavy atom. The zero-order valence-electron chi connectivity index (χ0n) is 17.1. The van der Waals surface area contributed by atoms with E-state index >= 15 is 0 Å². The molecule has 2 aliphatic heterocycles. The first-order valence-electron chi connectivity index (χ1n) is 10.2. The Balaban J connectivity index is 1.54. The SMILES string of the molecule is COCC(=O)N1CCc2[nH]cnc2C12CCN(C(=O)C(C)c1ccccc1)CC2. The Kier molecular flexibility index (Phi) is 5.41. The molecule has 154 valence electrons. The van der Waals surface area contributed by atoms with Crippen molar-refractivity contribution in [3.05, 3.63) is 53.6 Å². The topological polar surface area (TPSA) is 78.5 Å². The van der Waals surface area contributed by atoms with Gasteiger partial charge >= 0.3 is 0 Å². The third-order valence-electron chi connectivity index (χ3n) is 6.40. The molecule has 1 N–H and O–H groups in total. The fourth-order valence-electron chi connectivity index (χ4n) is 4.80. The monoisotopic (exact) mass is 396 g/mol. The van der Waals surface area contributed by atoms with E-state index in [1.54, 1.807) is 13.4 Å². The maximum Gasteiger partial charge on any atom is 0.249 e. The summed E-state index contributed by atoms with van der Waals surface area (Å²) in [6.45, 7) is 3.89. The smallest absolute Gasteiger partial charge is 0.249 e. The lowest BCUT2D eigenvalue weighted by atomic mass is 9.78. The highest BCUT2D eigenvalue weighted by Crippen LogP contribution is 2.42. The number of rotatable bonds is 4. The zero-order valence-corrected chi connectivity index (χ0v) is 17.1. The fraction of sp³-hybridized carbons (Fsp3) is 0.500. The molecular weight excluding hydrogens is 368 g/mol. The molecule has 29 heavy (non-hydrogen) atoms. The number of H-pyrrole nitrogens is 1. The van der Waals surface area contributed by atoms with Crippen LogP contribution >= 0.6 is 0 Å². The van der Waals surface area contributed by atoms with Crippen molar-refractivity contribution in [2.75, 3.05) is 33.4 Å². The molecule has 1 spiro atoms. The van der Waals surface area contributed by atoms with Gasteiger partial charge in [-0.2, -0.15) is 0 Å². The van der Waals surface area contributed by atoms with E-state index in [1.165, 1.54) is 0 Å². The molecule has 3 heterocycles. The molecule has 1 atom stereocenters. The molecule has 1 saturated heterocycles. The van der Waals surface area contributed by atoms with Crippen LogP contribution in [-0.2, 0) is 26.3 Å². The Labute approximate surface area is 171 Å². The number of fused-ring (bicyclic) bond motifs is 2. The van der Waals surface area contributed by atoms with Gasteiger partial charge in [0.25, 0.3) is 0 Å². The number of nitrogens with one attached hydrogen (secondary N) is 1. The fourth-order valence-corrected chi connectivity index (χ4v) is 4.80. The number of piperidine rings is 1. The second-order valence-electron chi connectivity index (χ2n) is 7.95. The van der Waals surface area contributed by atoms with Crippen LogP contribution in [0.1, 0.15) is 42.6 Å². The summed E-state index contributed by atoms with van der Waals surface area (Å²) in [6.07, 6.45) is 3.85. The summed E-state index contributed by atoms with van der Waals surface area (Å²) in [7, 11) is 1.54. The lowest BCUT2D eigenvalue weighted by Crippen LogP contribution is -2.59. The third kappa shape index (κ3) is 3.44. The third-order valence-corrected chi connectivity index (χ3v) is 6.40. The van der Waals surface area contributed by atoms with Crippen molar-refractivity contribution < 1.29 is 14.3 Å².